The monoisotopic (exact) mass is 320 g/mol. The van der Waals surface area contributed by atoms with Crippen molar-refractivity contribution in [2.75, 3.05) is 11.9 Å². The standard InChI is InChI=1S/C19H16N2O3/c1-11-9-12-5-3-4-6-16(12)21(11)17(22)13-7-8-14-15(10-13)19(24)20(2)18(14)23/h3-8,10-11H,9H2,1-2H3/t11-/m0/s1. The van der Waals surface area contributed by atoms with E-state index in [1.807, 2.05) is 31.2 Å². The molecule has 0 saturated heterocycles. The minimum Gasteiger partial charge on any atom is -0.305 e. The molecule has 0 fully saturated rings. The molecule has 24 heavy (non-hydrogen) atoms. The second-order valence-corrected chi connectivity index (χ2v) is 6.29. The number of carbonyl (C=O) groups is 3. The fraction of sp³-hybridized carbons (Fsp3) is 0.211. The summed E-state index contributed by atoms with van der Waals surface area (Å²) in [5.74, 6) is -0.835. The van der Waals surface area contributed by atoms with Gasteiger partial charge >= 0.3 is 0 Å². The summed E-state index contributed by atoms with van der Waals surface area (Å²) in [7, 11) is 1.45. The van der Waals surface area contributed by atoms with Gasteiger partial charge in [-0.25, -0.2) is 0 Å². The summed E-state index contributed by atoms with van der Waals surface area (Å²) in [4.78, 5) is 40.0. The van der Waals surface area contributed by atoms with Crippen LogP contribution in [0.1, 0.15) is 43.6 Å². The molecule has 2 aliphatic rings. The number of hydrogen-bond donors (Lipinski definition) is 0. The van der Waals surface area contributed by atoms with E-state index in [0.29, 0.717) is 16.7 Å². The largest absolute Gasteiger partial charge is 0.305 e. The molecule has 5 heteroatoms. The quantitative estimate of drug-likeness (QED) is 0.759. The minimum atomic E-state index is -0.362. The molecule has 2 aliphatic heterocycles. The van der Waals surface area contributed by atoms with Crippen molar-refractivity contribution in [2.24, 2.45) is 0 Å². The molecule has 0 unspecified atom stereocenters. The first-order valence-corrected chi connectivity index (χ1v) is 7.87. The van der Waals surface area contributed by atoms with Crippen molar-refractivity contribution in [1.82, 2.24) is 4.90 Å². The van der Waals surface area contributed by atoms with Crippen LogP contribution in [0.3, 0.4) is 0 Å². The van der Waals surface area contributed by atoms with Gasteiger partial charge in [-0.05, 0) is 43.2 Å². The lowest BCUT2D eigenvalue weighted by atomic mass is 10.0. The van der Waals surface area contributed by atoms with Crippen LogP contribution in [0, 0.1) is 0 Å². The molecule has 0 radical (unpaired) electrons. The molecule has 5 nitrogen and oxygen atoms in total. The van der Waals surface area contributed by atoms with Crippen molar-refractivity contribution in [2.45, 2.75) is 19.4 Å². The zero-order valence-electron chi connectivity index (χ0n) is 13.4. The number of rotatable bonds is 1. The van der Waals surface area contributed by atoms with Gasteiger partial charge in [0, 0.05) is 24.3 Å². The van der Waals surface area contributed by atoms with Crippen LogP contribution in [0.2, 0.25) is 0 Å². The number of fused-ring (bicyclic) bond motifs is 2. The van der Waals surface area contributed by atoms with Gasteiger partial charge in [-0.2, -0.15) is 0 Å². The first-order valence-electron chi connectivity index (χ1n) is 7.87. The SMILES string of the molecule is C[C@H]1Cc2ccccc2N1C(=O)c1ccc2c(c1)C(=O)N(C)C2=O. The molecule has 1 atom stereocenters. The van der Waals surface area contributed by atoms with Crippen molar-refractivity contribution < 1.29 is 14.4 Å². The maximum atomic E-state index is 13.0. The van der Waals surface area contributed by atoms with Crippen molar-refractivity contribution >= 4 is 23.4 Å². The third-order valence-electron chi connectivity index (χ3n) is 4.76. The highest BCUT2D eigenvalue weighted by Gasteiger charge is 2.35. The van der Waals surface area contributed by atoms with Gasteiger partial charge in [-0.3, -0.25) is 19.3 Å². The Bertz CT molecular complexity index is 903. The Morgan fingerprint density at radius 2 is 1.75 bits per heavy atom. The number of benzene rings is 2. The normalized spacial score (nSPS) is 18.8. The number of carbonyl (C=O) groups excluding carboxylic acids is 3. The van der Waals surface area contributed by atoms with Gasteiger partial charge in [0.05, 0.1) is 11.1 Å². The van der Waals surface area contributed by atoms with Crippen molar-refractivity contribution in [3.63, 3.8) is 0 Å². The van der Waals surface area contributed by atoms with E-state index in [4.69, 9.17) is 0 Å². The Hall–Kier alpha value is -2.95. The lowest BCUT2D eigenvalue weighted by molar-refractivity contribution is 0.0693. The second-order valence-electron chi connectivity index (χ2n) is 6.29. The Morgan fingerprint density at radius 1 is 1.04 bits per heavy atom. The first kappa shape index (κ1) is 14.6. The van der Waals surface area contributed by atoms with E-state index in [9.17, 15) is 14.4 Å². The third kappa shape index (κ3) is 1.91. The van der Waals surface area contributed by atoms with E-state index in [1.165, 1.54) is 13.1 Å². The van der Waals surface area contributed by atoms with E-state index >= 15 is 0 Å². The van der Waals surface area contributed by atoms with Gasteiger partial charge in [-0.15, -0.1) is 0 Å². The van der Waals surface area contributed by atoms with E-state index in [0.717, 1.165) is 22.6 Å². The van der Waals surface area contributed by atoms with Crippen LogP contribution in [-0.4, -0.2) is 35.7 Å². The van der Waals surface area contributed by atoms with Crippen molar-refractivity contribution in [1.29, 1.82) is 0 Å². The number of imide groups is 1. The Labute approximate surface area is 139 Å². The lowest BCUT2D eigenvalue weighted by Crippen LogP contribution is -2.35. The number of hydrogen-bond acceptors (Lipinski definition) is 3. The number of amides is 3. The fourth-order valence-corrected chi connectivity index (χ4v) is 3.51. The number of anilines is 1. The van der Waals surface area contributed by atoms with Crippen LogP contribution >= 0.6 is 0 Å². The zero-order chi connectivity index (χ0) is 17.0. The second kappa shape index (κ2) is 5.03. The highest BCUT2D eigenvalue weighted by molar-refractivity contribution is 6.22. The van der Waals surface area contributed by atoms with Gasteiger partial charge in [0.15, 0.2) is 0 Å². The molecule has 0 spiro atoms. The third-order valence-corrected chi connectivity index (χ3v) is 4.76. The lowest BCUT2D eigenvalue weighted by Gasteiger charge is -2.23. The van der Waals surface area contributed by atoms with Crippen molar-refractivity contribution in [3.8, 4) is 0 Å². The highest BCUT2D eigenvalue weighted by atomic mass is 16.2. The zero-order valence-corrected chi connectivity index (χ0v) is 13.4. The minimum absolute atomic E-state index is 0.0585. The Morgan fingerprint density at radius 3 is 2.54 bits per heavy atom. The summed E-state index contributed by atoms with van der Waals surface area (Å²) in [6.45, 7) is 2.01. The Kier molecular flexibility index (Phi) is 3.06. The molecule has 2 aromatic carbocycles. The van der Waals surface area contributed by atoms with Crippen LogP contribution < -0.4 is 4.90 Å². The van der Waals surface area contributed by atoms with Crippen LogP contribution in [-0.2, 0) is 6.42 Å². The fourth-order valence-electron chi connectivity index (χ4n) is 3.51. The van der Waals surface area contributed by atoms with E-state index < -0.39 is 0 Å². The molecular formula is C19H16N2O3. The average Bonchev–Trinajstić information content (AvgIpc) is 3.03. The molecule has 3 amide bonds. The average molecular weight is 320 g/mol. The molecule has 2 heterocycles. The molecule has 120 valence electrons. The molecule has 2 aromatic rings. The molecule has 0 aromatic heterocycles. The molecular weight excluding hydrogens is 304 g/mol. The maximum absolute atomic E-state index is 13.0. The summed E-state index contributed by atoms with van der Waals surface area (Å²) in [5, 5.41) is 0. The topological polar surface area (TPSA) is 57.7 Å². The van der Waals surface area contributed by atoms with Gasteiger partial charge in [0.25, 0.3) is 17.7 Å². The summed E-state index contributed by atoms with van der Waals surface area (Å²) in [6, 6.07) is 12.6. The van der Waals surface area contributed by atoms with Gasteiger partial charge in [0.1, 0.15) is 0 Å². The van der Waals surface area contributed by atoms with E-state index in [1.54, 1.807) is 17.0 Å². The number of nitrogens with zero attached hydrogens (tertiary/aromatic N) is 2. The molecule has 0 bridgehead atoms. The molecule has 0 N–H and O–H groups in total. The van der Waals surface area contributed by atoms with Gasteiger partial charge in [-0.1, -0.05) is 18.2 Å². The highest BCUT2D eigenvalue weighted by Crippen LogP contribution is 2.33. The first-order chi connectivity index (χ1) is 11.5. The predicted molar refractivity (Wildman–Crippen MR) is 89.3 cm³/mol. The Balaban J connectivity index is 1.75. The summed E-state index contributed by atoms with van der Waals surface area (Å²) >= 11 is 0. The van der Waals surface area contributed by atoms with Gasteiger partial charge in [0.2, 0.25) is 0 Å². The van der Waals surface area contributed by atoms with Crippen LogP contribution in [0.25, 0.3) is 0 Å². The van der Waals surface area contributed by atoms with Gasteiger partial charge < -0.3 is 4.90 Å². The smallest absolute Gasteiger partial charge is 0.261 e. The van der Waals surface area contributed by atoms with E-state index in [-0.39, 0.29) is 23.8 Å². The van der Waals surface area contributed by atoms with Crippen LogP contribution in [0.4, 0.5) is 5.69 Å². The van der Waals surface area contributed by atoms with Crippen LogP contribution in [0.5, 0.6) is 0 Å². The number of para-hydroxylation sites is 1. The molecule has 4 rings (SSSR count). The van der Waals surface area contributed by atoms with Crippen LogP contribution in [0.15, 0.2) is 42.5 Å². The van der Waals surface area contributed by atoms with E-state index in [2.05, 4.69) is 0 Å². The van der Waals surface area contributed by atoms with Crippen molar-refractivity contribution in [3.05, 3.63) is 64.7 Å². The molecule has 0 aliphatic carbocycles. The summed E-state index contributed by atoms with van der Waals surface area (Å²) in [5.41, 5.74) is 3.14. The summed E-state index contributed by atoms with van der Waals surface area (Å²) in [6.07, 6.45) is 0.813. The summed E-state index contributed by atoms with van der Waals surface area (Å²) < 4.78 is 0. The maximum Gasteiger partial charge on any atom is 0.261 e. The predicted octanol–water partition coefficient (Wildman–Crippen LogP) is 2.50. The molecule has 0 saturated carbocycles.